The molecule has 0 unspecified atom stereocenters. The molecule has 6 heteroatoms. The molecule has 23 heavy (non-hydrogen) atoms. The highest BCUT2D eigenvalue weighted by Gasteiger charge is 2.27. The number of hydrazone groups is 1. The van der Waals surface area contributed by atoms with E-state index < -0.39 is 0 Å². The highest BCUT2D eigenvalue weighted by Crippen LogP contribution is 2.20. The predicted octanol–water partition coefficient (Wildman–Crippen LogP) is -0.582. The second-order valence-electron chi connectivity index (χ2n) is 6.07. The minimum Gasteiger partial charge on any atom is -1.00 e. The van der Waals surface area contributed by atoms with Crippen LogP contribution in [-0.2, 0) is 4.74 Å². The fourth-order valence-corrected chi connectivity index (χ4v) is 2.92. The van der Waals surface area contributed by atoms with Gasteiger partial charge in [0.15, 0.2) is 12.2 Å². The molecule has 1 aromatic carbocycles. The lowest BCUT2D eigenvalue weighted by Gasteiger charge is -2.35. The summed E-state index contributed by atoms with van der Waals surface area (Å²) in [6.45, 7) is 9.95. The maximum atomic E-state index is 5.47. The number of likely N-dealkylation sites (N-methyl/N-ethyl adjacent to an activating group) is 1. The molecule has 0 aromatic heterocycles. The molecule has 0 spiro atoms. The van der Waals surface area contributed by atoms with Crippen molar-refractivity contribution in [2.75, 3.05) is 44.4 Å². The Morgan fingerprint density at radius 1 is 1.35 bits per heavy atom. The van der Waals surface area contributed by atoms with Gasteiger partial charge in [-0.2, -0.15) is 10.1 Å². The van der Waals surface area contributed by atoms with Crippen LogP contribution in [0.25, 0.3) is 0 Å². The summed E-state index contributed by atoms with van der Waals surface area (Å²) in [6, 6.07) is 8.45. The first-order chi connectivity index (χ1) is 10.7. The summed E-state index contributed by atoms with van der Waals surface area (Å²) >= 11 is 0. The molecule has 5 nitrogen and oxygen atoms in total. The molecule has 0 saturated carbocycles. The zero-order valence-electron chi connectivity index (χ0n) is 13.9. The van der Waals surface area contributed by atoms with Gasteiger partial charge in [0.1, 0.15) is 13.1 Å². The zero-order chi connectivity index (χ0) is 15.4. The van der Waals surface area contributed by atoms with Gasteiger partial charge in [-0.05, 0) is 31.5 Å². The normalized spacial score (nSPS) is 20.4. The van der Waals surface area contributed by atoms with Gasteiger partial charge in [0.25, 0.3) is 0 Å². The average Bonchev–Trinajstić information content (AvgIpc) is 3.03. The molecule has 126 valence electrons. The number of ether oxygens (including phenoxy) is 1. The van der Waals surface area contributed by atoms with Gasteiger partial charge >= 0.3 is 0 Å². The Morgan fingerprint density at radius 2 is 2.13 bits per heavy atom. The van der Waals surface area contributed by atoms with Gasteiger partial charge < -0.3 is 28.7 Å². The van der Waals surface area contributed by atoms with Crippen LogP contribution in [0.4, 0.5) is 5.69 Å². The Labute approximate surface area is 155 Å². The van der Waals surface area contributed by atoms with E-state index in [9.17, 15) is 0 Å². The van der Waals surface area contributed by atoms with Crippen molar-refractivity contribution in [3.8, 4) is 0 Å². The third-order valence-electron chi connectivity index (χ3n) is 4.53. The monoisotopic (exact) mass is 428 g/mol. The van der Waals surface area contributed by atoms with Crippen molar-refractivity contribution >= 4 is 17.9 Å². The molecule has 2 aliphatic heterocycles. The fraction of sp³-hybridized carbons (Fsp3) is 0.529. The summed E-state index contributed by atoms with van der Waals surface area (Å²) in [5.41, 5.74) is 2.41. The van der Waals surface area contributed by atoms with Crippen LogP contribution in [0.1, 0.15) is 18.9 Å². The number of quaternary nitrogens is 1. The second-order valence-corrected chi connectivity index (χ2v) is 6.07. The van der Waals surface area contributed by atoms with E-state index in [0.717, 1.165) is 61.8 Å². The van der Waals surface area contributed by atoms with E-state index in [0.29, 0.717) is 0 Å². The van der Waals surface area contributed by atoms with E-state index in [1.807, 2.05) is 0 Å². The number of halogens is 1. The van der Waals surface area contributed by atoms with E-state index in [4.69, 9.17) is 4.74 Å². The number of benzene rings is 1. The molecular weight excluding hydrogens is 403 g/mol. The lowest BCUT2D eigenvalue weighted by molar-refractivity contribution is -0.842. The van der Waals surface area contributed by atoms with E-state index in [2.05, 4.69) is 59.6 Å². The number of hydrogen-bond acceptors (Lipinski definition) is 4. The zero-order valence-corrected chi connectivity index (χ0v) is 16.1. The van der Waals surface area contributed by atoms with Crippen molar-refractivity contribution < 1.29 is 33.2 Å². The molecule has 0 amide bonds. The first kappa shape index (κ1) is 18.4. The molecule has 0 radical (unpaired) electrons. The summed E-state index contributed by atoms with van der Waals surface area (Å²) in [5, 5.41) is 6.71. The Morgan fingerprint density at radius 3 is 2.83 bits per heavy atom. The highest BCUT2D eigenvalue weighted by molar-refractivity contribution is 5.90. The Hall–Kier alpha value is -0.990. The van der Waals surface area contributed by atoms with Crippen LogP contribution < -0.4 is 29.0 Å². The number of nitrogens with zero attached hydrogens (tertiary/aromatic N) is 4. The van der Waals surface area contributed by atoms with Gasteiger partial charge in [0.05, 0.1) is 25.4 Å². The molecule has 0 atom stereocenters. The third kappa shape index (κ3) is 4.51. The van der Waals surface area contributed by atoms with Crippen molar-refractivity contribution in [2.24, 2.45) is 10.1 Å². The molecule has 1 aromatic rings. The van der Waals surface area contributed by atoms with Crippen molar-refractivity contribution in [3.05, 3.63) is 29.8 Å². The number of anilines is 1. The van der Waals surface area contributed by atoms with Crippen LogP contribution in [0.2, 0.25) is 0 Å². The smallest absolute Gasteiger partial charge is 0.191 e. The molecule has 0 aliphatic carbocycles. The summed E-state index contributed by atoms with van der Waals surface area (Å²) in [7, 11) is 0. The standard InChI is InChI=1S/C17H25N4O.HI/c1-3-21(9-11-22-12-10-21)14-18-17-7-8-20(19-17)16-6-4-5-15(2)13-16;/h4-6,13-14H,3,7-12H2,1-2H3;1H/q+1;/p-1. The Kier molecular flexibility index (Phi) is 6.55. The maximum Gasteiger partial charge on any atom is 0.191 e. The first-order valence-corrected chi connectivity index (χ1v) is 8.11. The van der Waals surface area contributed by atoms with E-state index in [1.54, 1.807) is 0 Å². The van der Waals surface area contributed by atoms with Crippen LogP contribution in [0, 0.1) is 6.92 Å². The van der Waals surface area contributed by atoms with Crippen LogP contribution in [0.5, 0.6) is 0 Å². The van der Waals surface area contributed by atoms with Crippen LogP contribution in [0.3, 0.4) is 0 Å². The molecule has 0 bridgehead atoms. The summed E-state index contributed by atoms with van der Waals surface area (Å²) in [4.78, 5) is 4.69. The lowest BCUT2D eigenvalue weighted by Crippen LogP contribution is -3.00. The number of aliphatic imine (C=N–C) groups is 1. The van der Waals surface area contributed by atoms with Gasteiger partial charge in [0.2, 0.25) is 0 Å². The van der Waals surface area contributed by atoms with Crippen molar-refractivity contribution in [1.29, 1.82) is 0 Å². The van der Waals surface area contributed by atoms with Crippen LogP contribution >= 0.6 is 0 Å². The Balaban J connectivity index is 0.00000192. The molecule has 3 rings (SSSR count). The second kappa shape index (κ2) is 8.21. The Bertz CT molecular complexity index is 582. The minimum absolute atomic E-state index is 0. The number of hydrogen-bond donors (Lipinski definition) is 0. The number of rotatable bonds is 3. The van der Waals surface area contributed by atoms with Gasteiger partial charge in [-0.25, -0.2) is 0 Å². The SMILES string of the molecule is CC[N+]1(C=NC2=NN(c3cccc(C)c3)CC2)CCOCC1.[I-]. The number of aryl methyl sites for hydroxylation is 1. The van der Waals surface area contributed by atoms with Crippen molar-refractivity contribution in [1.82, 2.24) is 0 Å². The van der Waals surface area contributed by atoms with E-state index in [1.165, 1.54) is 5.56 Å². The molecule has 2 aliphatic rings. The molecule has 0 N–H and O–H groups in total. The van der Waals surface area contributed by atoms with Gasteiger partial charge in [-0.15, -0.1) is 0 Å². The molecule has 1 saturated heterocycles. The molecular formula is C17H25IN4O. The third-order valence-corrected chi connectivity index (χ3v) is 4.53. The fourth-order valence-electron chi connectivity index (χ4n) is 2.92. The quantitative estimate of drug-likeness (QED) is 0.280. The lowest BCUT2D eigenvalue weighted by atomic mass is 10.2. The largest absolute Gasteiger partial charge is 1.00 e. The average molecular weight is 428 g/mol. The topological polar surface area (TPSA) is 37.2 Å². The van der Waals surface area contributed by atoms with E-state index >= 15 is 0 Å². The first-order valence-electron chi connectivity index (χ1n) is 8.11. The number of amidine groups is 1. The van der Waals surface area contributed by atoms with E-state index in [-0.39, 0.29) is 24.0 Å². The number of morpholine rings is 1. The van der Waals surface area contributed by atoms with Crippen molar-refractivity contribution in [3.63, 3.8) is 0 Å². The molecule has 2 heterocycles. The molecule has 1 fully saturated rings. The predicted molar refractivity (Wildman–Crippen MR) is 90.4 cm³/mol. The highest BCUT2D eigenvalue weighted by atomic mass is 127. The van der Waals surface area contributed by atoms with Crippen LogP contribution in [-0.4, -0.2) is 56.0 Å². The van der Waals surface area contributed by atoms with Gasteiger partial charge in [-0.1, -0.05) is 12.1 Å². The van der Waals surface area contributed by atoms with Gasteiger partial charge in [-0.3, -0.25) is 9.49 Å². The maximum absolute atomic E-state index is 5.47. The van der Waals surface area contributed by atoms with Gasteiger partial charge in [0, 0.05) is 13.0 Å². The van der Waals surface area contributed by atoms with Crippen molar-refractivity contribution in [2.45, 2.75) is 20.3 Å². The minimum atomic E-state index is 0. The van der Waals surface area contributed by atoms with Crippen LogP contribution in [0.15, 0.2) is 34.4 Å². The summed E-state index contributed by atoms with van der Waals surface area (Å²) in [5.74, 6) is 0.930. The summed E-state index contributed by atoms with van der Waals surface area (Å²) in [6.07, 6.45) is 2.99. The summed E-state index contributed by atoms with van der Waals surface area (Å²) < 4.78 is 6.37.